The number of rotatable bonds is 20. The number of anilines is 1. The van der Waals surface area contributed by atoms with Crippen molar-refractivity contribution in [3.8, 4) is 0 Å². The number of amides is 4. The van der Waals surface area contributed by atoms with E-state index < -0.39 is 30.0 Å². The molecule has 4 rings (SSSR count). The Balaban J connectivity index is 1.22. The molecule has 0 saturated carbocycles. The van der Waals surface area contributed by atoms with Gasteiger partial charge in [0.15, 0.2) is 0 Å². The smallest absolute Gasteiger partial charge is 0.243 e. The maximum absolute atomic E-state index is 13.7. The van der Waals surface area contributed by atoms with Crippen molar-refractivity contribution < 1.29 is 38.1 Å². The number of hydrogen-bond donors (Lipinski definition) is 3. The zero-order valence-corrected chi connectivity index (χ0v) is 26.5. The highest BCUT2D eigenvalue weighted by molar-refractivity contribution is 6.04. The standard InChI is InChI=1S/C34H46N4O8/c1-23(46-21-25-10-8-24(9-11-25)14-15-43-16-17-44-18-19-45-22-31(36)40)28(12-13-30(35)39)37-34(42)29-20-27-6-2-4-26-5-3-7-32(41)38(29)33(26)27/h2,4,6,8-11,23,28-29H,3,5,7,12-22H2,1H3,(H2,35,39)(H2,36,40)(H,37,42)/t23-,28+,29+/m1/s1. The van der Waals surface area contributed by atoms with Crippen molar-refractivity contribution in [2.24, 2.45) is 11.5 Å². The van der Waals surface area contributed by atoms with Gasteiger partial charge in [0, 0.05) is 19.3 Å². The van der Waals surface area contributed by atoms with Gasteiger partial charge in [-0.1, -0.05) is 42.5 Å². The van der Waals surface area contributed by atoms with E-state index in [1.165, 1.54) is 0 Å². The lowest BCUT2D eigenvalue weighted by Gasteiger charge is -2.29. The average Bonchev–Trinajstić information content (AvgIpc) is 3.35. The van der Waals surface area contributed by atoms with Gasteiger partial charge in [-0.15, -0.1) is 0 Å². The Labute approximate surface area is 270 Å². The summed E-state index contributed by atoms with van der Waals surface area (Å²) in [5, 5.41) is 3.09. The van der Waals surface area contributed by atoms with Crippen LogP contribution in [0, 0.1) is 0 Å². The van der Waals surface area contributed by atoms with Gasteiger partial charge in [0.1, 0.15) is 12.6 Å². The molecule has 4 amide bonds. The Bertz CT molecular complexity index is 1330. The van der Waals surface area contributed by atoms with Crippen molar-refractivity contribution in [2.75, 3.05) is 44.5 Å². The Morgan fingerprint density at radius 1 is 0.891 bits per heavy atom. The molecule has 0 aliphatic carbocycles. The van der Waals surface area contributed by atoms with Crippen LogP contribution in [0.5, 0.6) is 0 Å². The van der Waals surface area contributed by atoms with Gasteiger partial charge in [0.25, 0.3) is 0 Å². The predicted octanol–water partition coefficient (Wildman–Crippen LogP) is 1.71. The second kappa shape index (κ2) is 17.7. The number of benzene rings is 2. The van der Waals surface area contributed by atoms with Crippen LogP contribution >= 0.6 is 0 Å². The normalized spacial score (nSPS) is 16.8. The molecule has 3 atom stereocenters. The summed E-state index contributed by atoms with van der Waals surface area (Å²) >= 11 is 0. The summed E-state index contributed by atoms with van der Waals surface area (Å²) in [6, 6.07) is 12.9. The number of nitrogens with zero attached hydrogens (tertiary/aromatic N) is 1. The Kier molecular flexibility index (Phi) is 13.5. The molecule has 5 N–H and O–H groups in total. The van der Waals surface area contributed by atoms with Gasteiger partial charge in [-0.05, 0) is 54.9 Å². The van der Waals surface area contributed by atoms with Gasteiger partial charge in [0.05, 0.1) is 57.5 Å². The zero-order valence-electron chi connectivity index (χ0n) is 26.5. The molecular weight excluding hydrogens is 592 g/mol. The van der Waals surface area contributed by atoms with E-state index in [1.54, 1.807) is 4.90 Å². The first-order chi connectivity index (χ1) is 22.2. The van der Waals surface area contributed by atoms with Crippen molar-refractivity contribution in [2.45, 2.75) is 76.7 Å². The van der Waals surface area contributed by atoms with Gasteiger partial charge in [-0.25, -0.2) is 0 Å². The molecule has 2 aromatic carbocycles. The largest absolute Gasteiger partial charge is 0.379 e. The van der Waals surface area contributed by atoms with Crippen molar-refractivity contribution in [3.63, 3.8) is 0 Å². The van der Waals surface area contributed by atoms with Crippen LogP contribution in [-0.2, 0) is 64.0 Å². The number of primary amides is 2. The lowest BCUT2D eigenvalue weighted by atomic mass is 10.0. The first kappa shape index (κ1) is 35.0. The van der Waals surface area contributed by atoms with Crippen molar-refractivity contribution in [1.29, 1.82) is 0 Å². The molecule has 0 unspecified atom stereocenters. The van der Waals surface area contributed by atoms with Crippen LogP contribution in [0.4, 0.5) is 5.69 Å². The van der Waals surface area contributed by atoms with Crippen molar-refractivity contribution in [3.05, 3.63) is 64.7 Å². The molecule has 12 nitrogen and oxygen atoms in total. The van der Waals surface area contributed by atoms with Gasteiger partial charge in [-0.3, -0.25) is 24.1 Å². The fraction of sp³-hybridized carbons (Fsp3) is 0.529. The average molecular weight is 639 g/mol. The quantitative estimate of drug-likeness (QED) is 0.184. The second-order valence-corrected chi connectivity index (χ2v) is 11.7. The molecule has 0 fully saturated rings. The number of ether oxygens (including phenoxy) is 4. The molecule has 0 aromatic heterocycles. The lowest BCUT2D eigenvalue weighted by Crippen LogP contribution is -2.53. The van der Waals surface area contributed by atoms with E-state index in [-0.39, 0.29) is 24.8 Å². The van der Waals surface area contributed by atoms with E-state index in [4.69, 9.17) is 30.4 Å². The maximum Gasteiger partial charge on any atom is 0.243 e. The Morgan fingerprint density at radius 3 is 2.28 bits per heavy atom. The number of nitrogens with one attached hydrogen (secondary N) is 1. The Morgan fingerprint density at radius 2 is 1.57 bits per heavy atom. The molecule has 0 radical (unpaired) electrons. The SMILES string of the molecule is C[C@@H](OCc1ccc(CCOCCOCCOCC(N)=O)cc1)[C@H](CCC(N)=O)NC(=O)[C@@H]1Cc2cccc3c2N1C(=O)CCC3. The number of hydrogen-bond acceptors (Lipinski definition) is 8. The molecule has 250 valence electrons. The van der Waals surface area contributed by atoms with Crippen LogP contribution in [0.2, 0.25) is 0 Å². The molecule has 2 aliphatic heterocycles. The van der Waals surface area contributed by atoms with E-state index in [1.807, 2.05) is 49.4 Å². The predicted molar refractivity (Wildman–Crippen MR) is 171 cm³/mol. The monoisotopic (exact) mass is 638 g/mol. The summed E-state index contributed by atoms with van der Waals surface area (Å²) < 4.78 is 22.2. The van der Waals surface area contributed by atoms with Crippen molar-refractivity contribution >= 4 is 29.3 Å². The van der Waals surface area contributed by atoms with E-state index in [0.29, 0.717) is 58.9 Å². The summed E-state index contributed by atoms with van der Waals surface area (Å²) in [5.74, 6) is -1.25. The summed E-state index contributed by atoms with van der Waals surface area (Å²) in [5.41, 5.74) is 15.5. The summed E-state index contributed by atoms with van der Waals surface area (Å²) in [7, 11) is 0. The minimum atomic E-state index is -0.636. The molecule has 2 aliphatic rings. The minimum Gasteiger partial charge on any atom is -0.379 e. The highest BCUT2D eigenvalue weighted by Crippen LogP contribution is 2.39. The first-order valence-electron chi connectivity index (χ1n) is 16.0. The molecule has 0 bridgehead atoms. The third kappa shape index (κ3) is 10.3. The van der Waals surface area contributed by atoms with E-state index >= 15 is 0 Å². The fourth-order valence-corrected chi connectivity index (χ4v) is 5.78. The maximum atomic E-state index is 13.7. The number of para-hydroxylation sites is 1. The van der Waals surface area contributed by atoms with Gasteiger partial charge < -0.3 is 35.7 Å². The Hall–Kier alpha value is -3.84. The van der Waals surface area contributed by atoms with Crippen LogP contribution in [0.25, 0.3) is 0 Å². The van der Waals surface area contributed by atoms with Crippen LogP contribution in [0.1, 0.15) is 54.9 Å². The highest BCUT2D eigenvalue weighted by Gasteiger charge is 2.41. The number of aryl methyl sites for hydroxylation is 1. The van der Waals surface area contributed by atoms with E-state index in [9.17, 15) is 19.2 Å². The van der Waals surface area contributed by atoms with Crippen LogP contribution < -0.4 is 21.7 Å². The summed E-state index contributed by atoms with van der Waals surface area (Å²) in [4.78, 5) is 50.6. The molecule has 0 spiro atoms. The third-order valence-electron chi connectivity index (χ3n) is 8.23. The highest BCUT2D eigenvalue weighted by atomic mass is 16.5. The van der Waals surface area contributed by atoms with Crippen LogP contribution in [0.15, 0.2) is 42.5 Å². The fourth-order valence-electron chi connectivity index (χ4n) is 5.78. The summed E-state index contributed by atoms with van der Waals surface area (Å²) in [6.45, 7) is 4.19. The topological polar surface area (TPSA) is 173 Å². The number of nitrogens with two attached hydrogens (primary N) is 2. The number of carbonyl (C=O) groups is 4. The van der Waals surface area contributed by atoms with Gasteiger partial charge >= 0.3 is 0 Å². The lowest BCUT2D eigenvalue weighted by molar-refractivity contribution is -0.128. The molecule has 2 heterocycles. The molecule has 0 saturated heterocycles. The van der Waals surface area contributed by atoms with E-state index in [0.717, 1.165) is 47.2 Å². The minimum absolute atomic E-state index is 0.0356. The molecular formula is C34H46N4O8. The van der Waals surface area contributed by atoms with Crippen molar-refractivity contribution in [1.82, 2.24) is 5.32 Å². The van der Waals surface area contributed by atoms with Crippen LogP contribution in [-0.4, -0.2) is 81.5 Å². The van der Waals surface area contributed by atoms with Gasteiger partial charge in [0.2, 0.25) is 23.6 Å². The van der Waals surface area contributed by atoms with E-state index in [2.05, 4.69) is 5.32 Å². The third-order valence-corrected chi connectivity index (χ3v) is 8.23. The first-order valence-corrected chi connectivity index (χ1v) is 16.0. The second-order valence-electron chi connectivity index (χ2n) is 11.7. The van der Waals surface area contributed by atoms with Crippen LogP contribution in [0.3, 0.4) is 0 Å². The zero-order chi connectivity index (χ0) is 32.9. The molecule has 46 heavy (non-hydrogen) atoms. The molecule has 12 heteroatoms. The van der Waals surface area contributed by atoms with Gasteiger partial charge in [-0.2, -0.15) is 0 Å². The summed E-state index contributed by atoms with van der Waals surface area (Å²) in [6.07, 6.45) is 3.20. The molecule has 2 aromatic rings. The number of carbonyl (C=O) groups excluding carboxylic acids is 4.